The molecule has 0 fully saturated rings. The zero-order valence-corrected chi connectivity index (χ0v) is 15.2. The lowest BCUT2D eigenvalue weighted by atomic mass is 9.98. The fourth-order valence-corrected chi connectivity index (χ4v) is 3.62. The molecule has 1 aromatic heterocycles. The molecule has 0 aliphatic heterocycles. The fourth-order valence-electron chi connectivity index (χ4n) is 2.43. The number of ketones is 1. The van der Waals surface area contributed by atoms with Crippen molar-refractivity contribution in [1.82, 2.24) is 0 Å². The second kappa shape index (κ2) is 6.11. The summed E-state index contributed by atoms with van der Waals surface area (Å²) in [7, 11) is 0. The predicted molar refractivity (Wildman–Crippen MR) is 93.8 cm³/mol. The molecule has 0 radical (unpaired) electrons. The number of carbonyl (C=O) groups excluding carboxylic acids is 1. The highest BCUT2D eigenvalue weighted by Crippen LogP contribution is 2.36. The fraction of sp³-hybridized carbons (Fsp3) is 0.118. The highest BCUT2D eigenvalue weighted by atomic mass is 79.9. The van der Waals surface area contributed by atoms with Crippen LogP contribution in [0.1, 0.15) is 34.7 Å². The number of hydrogen-bond acceptors (Lipinski definition) is 4. The Bertz CT molecular complexity index is 889. The molecular formula is C17H12Br2O4. The molecule has 0 unspecified atom stereocenters. The summed E-state index contributed by atoms with van der Waals surface area (Å²) in [6.45, 7) is 1.55. The van der Waals surface area contributed by atoms with Crippen LogP contribution in [-0.2, 0) is 0 Å². The molecule has 0 bridgehead atoms. The summed E-state index contributed by atoms with van der Waals surface area (Å²) in [5, 5.41) is 20.4. The molecule has 0 aliphatic rings. The molecular weight excluding hydrogens is 428 g/mol. The Labute approximate surface area is 149 Å². The van der Waals surface area contributed by atoms with Gasteiger partial charge in [0, 0.05) is 10.9 Å². The minimum atomic E-state index is -0.912. The van der Waals surface area contributed by atoms with Gasteiger partial charge in [-0.05, 0) is 57.0 Å². The van der Waals surface area contributed by atoms with Crippen molar-refractivity contribution >= 4 is 48.6 Å². The number of halogens is 2. The van der Waals surface area contributed by atoms with Crippen LogP contribution in [0, 0.1) is 0 Å². The van der Waals surface area contributed by atoms with Crippen LogP contribution in [-0.4, -0.2) is 16.0 Å². The van der Waals surface area contributed by atoms with Gasteiger partial charge in [-0.2, -0.15) is 0 Å². The lowest BCUT2D eigenvalue weighted by molar-refractivity contribution is 0.102. The SMILES string of the molecule is C[C@H](O)c1oc2ccccc2c1C(=O)c1cc(Br)c(O)c(Br)c1. The number of furan rings is 1. The van der Waals surface area contributed by atoms with Crippen molar-refractivity contribution in [2.75, 3.05) is 0 Å². The van der Waals surface area contributed by atoms with Gasteiger partial charge in [0.1, 0.15) is 23.2 Å². The topological polar surface area (TPSA) is 70.7 Å². The van der Waals surface area contributed by atoms with E-state index < -0.39 is 6.10 Å². The van der Waals surface area contributed by atoms with Crippen molar-refractivity contribution < 1.29 is 19.4 Å². The number of aliphatic hydroxyl groups excluding tert-OH is 1. The van der Waals surface area contributed by atoms with Crippen LogP contribution >= 0.6 is 31.9 Å². The van der Waals surface area contributed by atoms with Gasteiger partial charge >= 0.3 is 0 Å². The summed E-state index contributed by atoms with van der Waals surface area (Å²) in [5.41, 5.74) is 1.25. The maximum atomic E-state index is 13.0. The zero-order valence-electron chi connectivity index (χ0n) is 12.0. The Kier molecular flexibility index (Phi) is 4.31. The molecule has 118 valence electrons. The monoisotopic (exact) mass is 438 g/mol. The summed E-state index contributed by atoms with van der Waals surface area (Å²) >= 11 is 6.44. The molecule has 6 heteroatoms. The van der Waals surface area contributed by atoms with E-state index >= 15 is 0 Å². The first-order valence-electron chi connectivity index (χ1n) is 6.82. The lowest BCUT2D eigenvalue weighted by Gasteiger charge is -2.07. The normalized spacial score (nSPS) is 12.5. The second-order valence-electron chi connectivity index (χ2n) is 5.13. The quantitative estimate of drug-likeness (QED) is 0.566. The van der Waals surface area contributed by atoms with Gasteiger partial charge in [-0.15, -0.1) is 0 Å². The smallest absolute Gasteiger partial charge is 0.197 e. The summed E-state index contributed by atoms with van der Waals surface area (Å²) in [4.78, 5) is 13.0. The Balaban J connectivity index is 2.23. The maximum absolute atomic E-state index is 13.0. The van der Waals surface area contributed by atoms with Crippen molar-refractivity contribution in [2.45, 2.75) is 13.0 Å². The van der Waals surface area contributed by atoms with Crippen LogP contribution in [0.3, 0.4) is 0 Å². The van der Waals surface area contributed by atoms with Crippen LogP contribution in [0.4, 0.5) is 0 Å². The Hall–Kier alpha value is -1.63. The van der Waals surface area contributed by atoms with E-state index in [0.29, 0.717) is 31.0 Å². The average molecular weight is 440 g/mol. The third-order valence-corrected chi connectivity index (χ3v) is 4.72. The number of hydrogen-bond donors (Lipinski definition) is 2. The van der Waals surface area contributed by atoms with Gasteiger partial charge in [0.15, 0.2) is 5.78 Å². The van der Waals surface area contributed by atoms with Crippen molar-refractivity contribution in [1.29, 1.82) is 0 Å². The van der Waals surface area contributed by atoms with E-state index in [9.17, 15) is 15.0 Å². The molecule has 23 heavy (non-hydrogen) atoms. The number of carbonyl (C=O) groups is 1. The number of fused-ring (bicyclic) bond motifs is 1. The van der Waals surface area contributed by atoms with Crippen molar-refractivity contribution in [3.63, 3.8) is 0 Å². The number of rotatable bonds is 3. The van der Waals surface area contributed by atoms with Gasteiger partial charge in [0.2, 0.25) is 0 Å². The van der Waals surface area contributed by atoms with Gasteiger partial charge in [-0.25, -0.2) is 0 Å². The molecule has 0 saturated heterocycles. The summed E-state index contributed by atoms with van der Waals surface area (Å²) in [6, 6.07) is 10.2. The van der Waals surface area contributed by atoms with E-state index in [-0.39, 0.29) is 17.3 Å². The summed E-state index contributed by atoms with van der Waals surface area (Å²) in [5.74, 6) is -0.0295. The van der Waals surface area contributed by atoms with E-state index in [2.05, 4.69) is 31.9 Å². The molecule has 3 rings (SSSR count). The number of phenols is 1. The zero-order chi connectivity index (χ0) is 16.7. The van der Waals surface area contributed by atoms with Crippen LogP contribution in [0.2, 0.25) is 0 Å². The molecule has 2 N–H and O–H groups in total. The number of aliphatic hydroxyl groups is 1. The van der Waals surface area contributed by atoms with Crippen LogP contribution < -0.4 is 0 Å². The van der Waals surface area contributed by atoms with E-state index in [4.69, 9.17) is 4.42 Å². The average Bonchev–Trinajstić information content (AvgIpc) is 2.91. The van der Waals surface area contributed by atoms with Gasteiger partial charge < -0.3 is 14.6 Å². The molecule has 3 aromatic rings. The number of aromatic hydroxyl groups is 1. The minimum Gasteiger partial charge on any atom is -0.506 e. The Morgan fingerprint density at radius 3 is 2.39 bits per heavy atom. The molecule has 4 nitrogen and oxygen atoms in total. The number of phenolic OH excluding ortho intramolecular Hbond substituents is 1. The Morgan fingerprint density at radius 2 is 1.78 bits per heavy atom. The maximum Gasteiger partial charge on any atom is 0.197 e. The third kappa shape index (κ3) is 2.82. The Morgan fingerprint density at radius 1 is 1.17 bits per heavy atom. The molecule has 0 saturated carbocycles. The molecule has 0 amide bonds. The molecule has 1 heterocycles. The summed E-state index contributed by atoms with van der Waals surface area (Å²) < 4.78 is 6.45. The van der Waals surface area contributed by atoms with Crippen molar-refractivity contribution in [3.05, 3.63) is 62.2 Å². The minimum absolute atomic E-state index is 0.0225. The largest absolute Gasteiger partial charge is 0.506 e. The van der Waals surface area contributed by atoms with E-state index in [0.717, 1.165) is 0 Å². The van der Waals surface area contributed by atoms with Gasteiger partial charge in [-0.3, -0.25) is 4.79 Å². The molecule has 0 spiro atoms. The molecule has 1 atom stereocenters. The third-order valence-electron chi connectivity index (χ3n) is 3.51. The molecule has 0 aliphatic carbocycles. The molecule has 2 aromatic carbocycles. The lowest BCUT2D eigenvalue weighted by Crippen LogP contribution is -2.06. The summed E-state index contributed by atoms with van der Waals surface area (Å²) in [6.07, 6.45) is -0.912. The van der Waals surface area contributed by atoms with Crippen LogP contribution in [0.15, 0.2) is 49.8 Å². The van der Waals surface area contributed by atoms with Gasteiger partial charge in [0.25, 0.3) is 0 Å². The predicted octanol–water partition coefficient (Wildman–Crippen LogP) is 4.95. The first kappa shape index (κ1) is 16.2. The van der Waals surface area contributed by atoms with Crippen LogP contribution in [0.25, 0.3) is 11.0 Å². The van der Waals surface area contributed by atoms with Crippen LogP contribution in [0.5, 0.6) is 5.75 Å². The van der Waals surface area contributed by atoms with E-state index in [1.807, 2.05) is 6.07 Å². The first-order chi connectivity index (χ1) is 10.9. The number of benzene rings is 2. The van der Waals surface area contributed by atoms with Gasteiger partial charge in [-0.1, -0.05) is 18.2 Å². The highest BCUT2D eigenvalue weighted by Gasteiger charge is 2.25. The first-order valence-corrected chi connectivity index (χ1v) is 8.41. The van der Waals surface area contributed by atoms with Crippen molar-refractivity contribution in [2.24, 2.45) is 0 Å². The van der Waals surface area contributed by atoms with Gasteiger partial charge in [0.05, 0.1) is 14.5 Å². The number of para-hydroxylation sites is 1. The standard InChI is InChI=1S/C17H12Br2O4/c1-8(20)17-14(10-4-2-3-5-13(10)23-17)15(21)9-6-11(18)16(22)12(19)7-9/h2-8,20,22H,1H3/t8-/m0/s1. The second-order valence-corrected chi connectivity index (χ2v) is 6.84. The van der Waals surface area contributed by atoms with E-state index in [1.165, 1.54) is 12.1 Å². The van der Waals surface area contributed by atoms with Crippen molar-refractivity contribution in [3.8, 4) is 5.75 Å². The highest BCUT2D eigenvalue weighted by molar-refractivity contribution is 9.11. The van der Waals surface area contributed by atoms with E-state index in [1.54, 1.807) is 25.1 Å².